The highest BCUT2D eigenvalue weighted by atomic mass is 16.4. The van der Waals surface area contributed by atoms with Crippen LogP contribution in [0.5, 0.6) is 0 Å². The minimum Gasteiger partial charge on any atom is -0.481 e. The molecule has 2 nitrogen and oxygen atoms in total. The Kier molecular flexibility index (Phi) is 23.6. The first kappa shape index (κ1) is 27.2. The molecule has 0 rings (SSSR count). The lowest BCUT2D eigenvalue weighted by Gasteiger charge is -2.02. The van der Waals surface area contributed by atoms with Crippen molar-refractivity contribution in [2.24, 2.45) is 0 Å². The largest absolute Gasteiger partial charge is 0.481 e. The Labute approximate surface area is 176 Å². The molecule has 0 radical (unpaired) electrons. The fourth-order valence-corrected chi connectivity index (χ4v) is 3.76. The quantitative estimate of drug-likeness (QED) is 0.138. The predicted molar refractivity (Wildman–Crippen MR) is 124 cm³/mol. The lowest BCUT2D eigenvalue weighted by molar-refractivity contribution is -0.137. The van der Waals surface area contributed by atoms with Gasteiger partial charge in [-0.15, -0.1) is 0 Å². The molecule has 0 aliphatic carbocycles. The first-order valence-electron chi connectivity index (χ1n) is 12.6. The van der Waals surface area contributed by atoms with Gasteiger partial charge in [0.25, 0.3) is 0 Å². The van der Waals surface area contributed by atoms with Gasteiger partial charge in [0.2, 0.25) is 0 Å². The van der Waals surface area contributed by atoms with Crippen LogP contribution >= 0.6 is 0 Å². The second kappa shape index (κ2) is 24.2. The highest BCUT2D eigenvalue weighted by Crippen LogP contribution is 2.13. The maximum atomic E-state index is 10.4. The maximum Gasteiger partial charge on any atom is 0.303 e. The molecule has 0 spiro atoms. The van der Waals surface area contributed by atoms with E-state index in [1.165, 1.54) is 122 Å². The Morgan fingerprint density at radius 2 is 0.857 bits per heavy atom. The van der Waals surface area contributed by atoms with E-state index in [-0.39, 0.29) is 0 Å². The lowest BCUT2D eigenvalue weighted by atomic mass is 10.0. The molecule has 0 aromatic heterocycles. The monoisotopic (exact) mass is 394 g/mol. The Morgan fingerprint density at radius 1 is 0.536 bits per heavy atom. The second-order valence-electron chi connectivity index (χ2n) is 8.56. The summed E-state index contributed by atoms with van der Waals surface area (Å²) < 4.78 is 0. The Bertz CT molecular complexity index is 335. The van der Waals surface area contributed by atoms with Crippen LogP contribution in [0.3, 0.4) is 0 Å². The molecule has 0 bridgehead atoms. The van der Waals surface area contributed by atoms with Gasteiger partial charge in [-0.05, 0) is 32.1 Å². The molecule has 0 fully saturated rings. The zero-order valence-electron chi connectivity index (χ0n) is 19.1. The third-order valence-electron chi connectivity index (χ3n) is 5.65. The molecule has 0 aromatic rings. The summed E-state index contributed by atoms with van der Waals surface area (Å²) in [6.07, 6.45) is 33.0. The van der Waals surface area contributed by atoms with E-state index in [4.69, 9.17) is 5.11 Å². The van der Waals surface area contributed by atoms with Gasteiger partial charge in [-0.25, -0.2) is 0 Å². The van der Waals surface area contributed by atoms with Gasteiger partial charge >= 0.3 is 5.97 Å². The van der Waals surface area contributed by atoms with Crippen LogP contribution in [0.15, 0.2) is 12.2 Å². The normalized spacial score (nSPS) is 11.5. The summed E-state index contributed by atoms with van der Waals surface area (Å²) in [6, 6.07) is 0. The Balaban J connectivity index is 3.07. The van der Waals surface area contributed by atoms with Crippen LogP contribution in [0, 0.1) is 0 Å². The average molecular weight is 395 g/mol. The van der Waals surface area contributed by atoms with Crippen LogP contribution in [0.25, 0.3) is 0 Å². The number of hydrogen-bond donors (Lipinski definition) is 1. The minimum atomic E-state index is -0.654. The average Bonchev–Trinajstić information content (AvgIpc) is 2.68. The molecular weight excluding hydrogens is 344 g/mol. The van der Waals surface area contributed by atoms with E-state index in [9.17, 15) is 4.79 Å². The summed E-state index contributed by atoms with van der Waals surface area (Å²) in [7, 11) is 0. The summed E-state index contributed by atoms with van der Waals surface area (Å²) in [5.74, 6) is -0.654. The summed E-state index contributed by atoms with van der Waals surface area (Å²) in [5.41, 5.74) is 0. The number of unbranched alkanes of at least 4 members (excludes halogenated alkanes) is 19. The summed E-state index contributed by atoms with van der Waals surface area (Å²) >= 11 is 0. The van der Waals surface area contributed by atoms with Gasteiger partial charge in [0, 0.05) is 6.42 Å². The van der Waals surface area contributed by atoms with Gasteiger partial charge in [0.05, 0.1) is 0 Å². The van der Waals surface area contributed by atoms with Gasteiger partial charge in [0.1, 0.15) is 0 Å². The zero-order chi connectivity index (χ0) is 20.5. The minimum absolute atomic E-state index is 0.341. The molecule has 0 heterocycles. The van der Waals surface area contributed by atoms with Gasteiger partial charge < -0.3 is 5.11 Å². The van der Waals surface area contributed by atoms with Crippen molar-refractivity contribution in [2.75, 3.05) is 0 Å². The Morgan fingerprint density at radius 3 is 1.21 bits per heavy atom. The van der Waals surface area contributed by atoms with E-state index in [1.807, 2.05) is 0 Å². The molecule has 0 atom stereocenters. The van der Waals surface area contributed by atoms with Gasteiger partial charge in [0.15, 0.2) is 0 Å². The molecule has 0 aromatic carbocycles. The maximum absolute atomic E-state index is 10.4. The van der Waals surface area contributed by atoms with E-state index >= 15 is 0 Å². The van der Waals surface area contributed by atoms with Gasteiger partial charge in [-0.3, -0.25) is 4.79 Å². The van der Waals surface area contributed by atoms with Crippen molar-refractivity contribution in [2.45, 2.75) is 148 Å². The zero-order valence-corrected chi connectivity index (χ0v) is 19.1. The predicted octanol–water partition coefficient (Wildman–Crippen LogP) is 9.23. The highest BCUT2D eigenvalue weighted by Gasteiger charge is 1.97. The molecule has 28 heavy (non-hydrogen) atoms. The van der Waals surface area contributed by atoms with E-state index < -0.39 is 5.97 Å². The Hall–Kier alpha value is -0.790. The third kappa shape index (κ3) is 25.2. The molecular formula is C26H50O2. The first-order valence-corrected chi connectivity index (χ1v) is 12.6. The van der Waals surface area contributed by atoms with Crippen LogP contribution in [0.1, 0.15) is 148 Å². The van der Waals surface area contributed by atoms with Crippen molar-refractivity contribution >= 4 is 5.97 Å². The smallest absolute Gasteiger partial charge is 0.303 e. The number of rotatable bonds is 23. The topological polar surface area (TPSA) is 37.3 Å². The van der Waals surface area contributed by atoms with Crippen LogP contribution in [0.4, 0.5) is 0 Å². The third-order valence-corrected chi connectivity index (χ3v) is 5.65. The van der Waals surface area contributed by atoms with Crippen molar-refractivity contribution in [3.8, 4) is 0 Å². The lowest BCUT2D eigenvalue weighted by Crippen LogP contribution is -1.93. The number of carbonyl (C=O) groups is 1. The molecule has 2 heteroatoms. The van der Waals surface area contributed by atoms with E-state index in [2.05, 4.69) is 19.1 Å². The first-order chi connectivity index (χ1) is 13.8. The van der Waals surface area contributed by atoms with Gasteiger partial charge in [-0.1, -0.05) is 122 Å². The molecule has 0 unspecified atom stereocenters. The second-order valence-corrected chi connectivity index (χ2v) is 8.56. The summed E-state index contributed by atoms with van der Waals surface area (Å²) in [6.45, 7) is 2.28. The van der Waals surface area contributed by atoms with Crippen LogP contribution in [0.2, 0.25) is 0 Å². The molecule has 0 saturated carbocycles. The van der Waals surface area contributed by atoms with Crippen molar-refractivity contribution in [3.05, 3.63) is 12.2 Å². The fraction of sp³-hybridized carbons (Fsp3) is 0.885. The number of carboxylic acid groups (broad SMARTS) is 1. The molecule has 0 aliphatic rings. The summed E-state index contributed by atoms with van der Waals surface area (Å²) in [5, 5.41) is 8.58. The molecule has 0 aliphatic heterocycles. The van der Waals surface area contributed by atoms with Crippen molar-refractivity contribution < 1.29 is 9.90 Å². The van der Waals surface area contributed by atoms with E-state index in [0.29, 0.717) is 6.42 Å². The standard InChI is InChI=1S/C26H50O2/c1-2-3-4-5-6-7-8-9-10-11-12-13-14-15-16-17-18-19-20-21-22-23-24-25-26(27)28/h12-13H,2-11,14-25H2,1H3,(H,27,28)/b13-12-. The van der Waals surface area contributed by atoms with Crippen LogP contribution < -0.4 is 0 Å². The molecule has 1 N–H and O–H groups in total. The number of allylic oxidation sites excluding steroid dienone is 2. The van der Waals surface area contributed by atoms with Crippen LogP contribution in [-0.4, -0.2) is 11.1 Å². The summed E-state index contributed by atoms with van der Waals surface area (Å²) in [4.78, 5) is 10.4. The van der Waals surface area contributed by atoms with E-state index in [1.54, 1.807) is 0 Å². The van der Waals surface area contributed by atoms with Crippen molar-refractivity contribution in [1.29, 1.82) is 0 Å². The molecule has 0 amide bonds. The number of aliphatic carboxylic acids is 1. The highest BCUT2D eigenvalue weighted by molar-refractivity contribution is 5.66. The molecule has 166 valence electrons. The fourth-order valence-electron chi connectivity index (χ4n) is 3.76. The van der Waals surface area contributed by atoms with Crippen molar-refractivity contribution in [3.63, 3.8) is 0 Å². The number of carboxylic acids is 1. The molecule has 0 saturated heterocycles. The van der Waals surface area contributed by atoms with Crippen LogP contribution in [-0.2, 0) is 4.79 Å². The number of hydrogen-bond acceptors (Lipinski definition) is 1. The van der Waals surface area contributed by atoms with Crippen molar-refractivity contribution in [1.82, 2.24) is 0 Å². The van der Waals surface area contributed by atoms with E-state index in [0.717, 1.165) is 12.8 Å². The SMILES string of the molecule is CCCCCCCCCCC/C=C\CCCCCCCCCCCCC(=O)O. The van der Waals surface area contributed by atoms with Gasteiger partial charge in [-0.2, -0.15) is 0 Å².